The molecule has 0 aliphatic heterocycles. The first-order chi connectivity index (χ1) is 8.40. The van der Waals surface area contributed by atoms with Crippen LogP contribution < -0.4 is 5.32 Å². The summed E-state index contributed by atoms with van der Waals surface area (Å²) < 4.78 is 44.7. The first-order valence-electron chi connectivity index (χ1n) is 5.60. The molecule has 0 aliphatic rings. The van der Waals surface area contributed by atoms with Gasteiger partial charge in [0.2, 0.25) is 5.89 Å². The van der Waals surface area contributed by atoms with Crippen molar-refractivity contribution in [1.29, 1.82) is 0 Å². The number of hydrogen-bond acceptors (Lipinski definition) is 5. The smallest absolute Gasteiger partial charge is 0.364 e. The predicted octanol–water partition coefficient (Wildman–Crippen LogP) is 2.04. The molecule has 0 amide bonds. The Labute approximate surface area is 103 Å². The van der Waals surface area contributed by atoms with Crippen molar-refractivity contribution in [2.45, 2.75) is 45.6 Å². The third kappa shape index (κ3) is 5.97. The lowest BCUT2D eigenvalue weighted by atomic mass is 10.3. The molecule has 1 aromatic heterocycles. The van der Waals surface area contributed by atoms with E-state index in [4.69, 9.17) is 4.52 Å². The predicted molar refractivity (Wildman–Crippen MR) is 56.6 cm³/mol. The maximum absolute atomic E-state index is 11.8. The largest absolute Gasteiger partial charge is 0.411 e. The van der Waals surface area contributed by atoms with Crippen LogP contribution in [0.15, 0.2) is 4.52 Å². The van der Waals surface area contributed by atoms with E-state index in [0.29, 0.717) is 18.5 Å². The van der Waals surface area contributed by atoms with E-state index in [9.17, 15) is 13.2 Å². The summed E-state index contributed by atoms with van der Waals surface area (Å²) in [5.41, 5.74) is 0. The number of hydrogen-bond donors (Lipinski definition) is 1. The fraction of sp³-hybridized carbons (Fsp3) is 0.800. The zero-order valence-electron chi connectivity index (χ0n) is 10.3. The number of nitrogens with zero attached hydrogens (tertiary/aromatic N) is 2. The molecule has 0 aliphatic carbocycles. The Morgan fingerprint density at radius 2 is 2.17 bits per heavy atom. The van der Waals surface area contributed by atoms with Crippen molar-refractivity contribution >= 4 is 0 Å². The standard InChI is InChI=1S/C10H16F3N3O2/c1-3-7(2)14-4-9-15-8(16-18-9)5-17-6-10(11,12)13/h7,14H,3-6H2,1-2H3. The van der Waals surface area contributed by atoms with Crippen LogP contribution in [0.25, 0.3) is 0 Å². The summed E-state index contributed by atoms with van der Waals surface area (Å²) in [4.78, 5) is 3.90. The number of aromatic nitrogens is 2. The molecule has 18 heavy (non-hydrogen) atoms. The summed E-state index contributed by atoms with van der Waals surface area (Å²) in [5.74, 6) is 0.445. The van der Waals surface area contributed by atoms with Gasteiger partial charge in [-0.2, -0.15) is 18.2 Å². The first-order valence-corrected chi connectivity index (χ1v) is 5.60. The van der Waals surface area contributed by atoms with E-state index >= 15 is 0 Å². The summed E-state index contributed by atoms with van der Waals surface area (Å²) in [7, 11) is 0. The van der Waals surface area contributed by atoms with Gasteiger partial charge >= 0.3 is 6.18 Å². The van der Waals surface area contributed by atoms with Gasteiger partial charge in [-0.05, 0) is 13.3 Å². The van der Waals surface area contributed by atoms with Gasteiger partial charge in [-0.15, -0.1) is 0 Å². The van der Waals surface area contributed by atoms with Gasteiger partial charge in [0.15, 0.2) is 5.82 Å². The molecule has 1 rings (SSSR count). The van der Waals surface area contributed by atoms with Crippen molar-refractivity contribution in [3.8, 4) is 0 Å². The van der Waals surface area contributed by atoms with Crippen molar-refractivity contribution in [2.24, 2.45) is 0 Å². The summed E-state index contributed by atoms with van der Waals surface area (Å²) in [6.07, 6.45) is -3.39. The van der Waals surface area contributed by atoms with E-state index in [1.54, 1.807) is 0 Å². The number of nitrogens with one attached hydrogen (secondary N) is 1. The second kappa shape index (κ2) is 6.69. The third-order valence-corrected chi connectivity index (χ3v) is 2.22. The molecule has 5 nitrogen and oxygen atoms in total. The van der Waals surface area contributed by atoms with Gasteiger partial charge in [-0.25, -0.2) is 0 Å². The Kier molecular flexibility index (Phi) is 5.54. The minimum absolute atomic E-state index is 0.111. The van der Waals surface area contributed by atoms with E-state index in [0.717, 1.165) is 6.42 Å². The lowest BCUT2D eigenvalue weighted by molar-refractivity contribution is -0.177. The molecule has 0 spiro atoms. The van der Waals surface area contributed by atoms with Crippen LogP contribution in [0, 0.1) is 0 Å². The van der Waals surface area contributed by atoms with E-state index in [2.05, 4.69) is 20.2 Å². The van der Waals surface area contributed by atoms with Gasteiger partial charge < -0.3 is 14.6 Å². The molecule has 1 aromatic rings. The van der Waals surface area contributed by atoms with Gasteiger partial charge in [0.05, 0.1) is 6.54 Å². The molecule has 0 aromatic carbocycles. The summed E-state index contributed by atoms with van der Waals surface area (Å²) >= 11 is 0. The van der Waals surface area contributed by atoms with Gasteiger partial charge in [-0.1, -0.05) is 12.1 Å². The SMILES string of the molecule is CCC(C)NCc1nc(COCC(F)(F)F)no1. The van der Waals surface area contributed by atoms with Crippen LogP contribution in [0.5, 0.6) is 0 Å². The second-order valence-corrected chi connectivity index (χ2v) is 3.90. The zero-order valence-corrected chi connectivity index (χ0v) is 10.3. The Morgan fingerprint density at radius 1 is 1.44 bits per heavy atom. The molecule has 1 unspecified atom stereocenters. The topological polar surface area (TPSA) is 60.2 Å². The van der Waals surface area contributed by atoms with Crippen LogP contribution in [0.1, 0.15) is 32.0 Å². The summed E-state index contributed by atoms with van der Waals surface area (Å²) in [5, 5.41) is 6.65. The molecule has 104 valence electrons. The molecule has 0 fully saturated rings. The minimum Gasteiger partial charge on any atom is -0.364 e. The molecule has 0 bridgehead atoms. The number of alkyl halides is 3. The van der Waals surface area contributed by atoms with Crippen LogP contribution >= 0.6 is 0 Å². The lowest BCUT2D eigenvalue weighted by Gasteiger charge is -2.07. The van der Waals surface area contributed by atoms with E-state index in [1.165, 1.54) is 0 Å². The fourth-order valence-corrected chi connectivity index (χ4v) is 1.08. The van der Waals surface area contributed by atoms with E-state index in [1.807, 2.05) is 13.8 Å². The van der Waals surface area contributed by atoms with Gasteiger partial charge in [0.1, 0.15) is 13.2 Å². The van der Waals surface area contributed by atoms with Gasteiger partial charge in [0, 0.05) is 6.04 Å². The molecule has 0 radical (unpaired) electrons. The Hall–Kier alpha value is -1.15. The number of rotatable bonds is 7. The quantitative estimate of drug-likeness (QED) is 0.819. The normalized spacial score (nSPS) is 13.8. The van der Waals surface area contributed by atoms with Crippen LogP contribution in [-0.2, 0) is 17.9 Å². The Morgan fingerprint density at radius 3 is 2.78 bits per heavy atom. The van der Waals surface area contributed by atoms with Crippen LogP contribution in [0.4, 0.5) is 13.2 Å². The average Bonchev–Trinajstić information content (AvgIpc) is 2.72. The van der Waals surface area contributed by atoms with Crippen molar-refractivity contribution < 1.29 is 22.4 Å². The highest BCUT2D eigenvalue weighted by Gasteiger charge is 2.27. The second-order valence-electron chi connectivity index (χ2n) is 3.90. The Bertz CT molecular complexity index is 354. The van der Waals surface area contributed by atoms with Crippen LogP contribution in [-0.4, -0.2) is 29.0 Å². The van der Waals surface area contributed by atoms with Crippen molar-refractivity contribution in [3.05, 3.63) is 11.7 Å². The van der Waals surface area contributed by atoms with Crippen LogP contribution in [0.2, 0.25) is 0 Å². The van der Waals surface area contributed by atoms with Crippen molar-refractivity contribution in [1.82, 2.24) is 15.5 Å². The van der Waals surface area contributed by atoms with Crippen molar-refractivity contribution in [2.75, 3.05) is 6.61 Å². The maximum Gasteiger partial charge on any atom is 0.411 e. The molecule has 1 N–H and O–H groups in total. The fourth-order valence-electron chi connectivity index (χ4n) is 1.08. The highest BCUT2D eigenvalue weighted by molar-refractivity contribution is 4.84. The summed E-state index contributed by atoms with van der Waals surface area (Å²) in [6.45, 7) is 2.79. The average molecular weight is 267 g/mol. The lowest BCUT2D eigenvalue weighted by Crippen LogP contribution is -2.24. The van der Waals surface area contributed by atoms with E-state index < -0.39 is 12.8 Å². The van der Waals surface area contributed by atoms with Gasteiger partial charge in [-0.3, -0.25) is 0 Å². The maximum atomic E-state index is 11.8. The van der Waals surface area contributed by atoms with Crippen LogP contribution in [0.3, 0.4) is 0 Å². The Balaban J connectivity index is 2.30. The molecular formula is C10H16F3N3O2. The molecule has 1 atom stereocenters. The first kappa shape index (κ1) is 14.9. The molecule has 0 saturated carbocycles. The molecule has 8 heteroatoms. The molecule has 0 saturated heterocycles. The minimum atomic E-state index is -4.34. The van der Waals surface area contributed by atoms with E-state index in [-0.39, 0.29) is 12.4 Å². The third-order valence-electron chi connectivity index (χ3n) is 2.22. The van der Waals surface area contributed by atoms with Crippen molar-refractivity contribution in [3.63, 3.8) is 0 Å². The highest BCUT2D eigenvalue weighted by atomic mass is 19.4. The monoisotopic (exact) mass is 267 g/mol. The summed E-state index contributed by atoms with van der Waals surface area (Å²) in [6, 6.07) is 0.307. The van der Waals surface area contributed by atoms with Gasteiger partial charge in [0.25, 0.3) is 0 Å². The molecular weight excluding hydrogens is 251 g/mol. The number of halogens is 3. The molecule has 1 heterocycles. The zero-order chi connectivity index (χ0) is 13.6. The number of ether oxygens (including phenoxy) is 1. The highest BCUT2D eigenvalue weighted by Crippen LogP contribution is 2.15.